The van der Waals surface area contributed by atoms with Gasteiger partial charge in [0.1, 0.15) is 12.6 Å². The van der Waals surface area contributed by atoms with Crippen LogP contribution in [0.3, 0.4) is 0 Å². The number of likely N-dealkylation sites (N-methyl/N-ethyl adjacent to an activating group) is 2. The number of aromatic amines is 1. The molecule has 2 aromatic carbocycles. The summed E-state index contributed by atoms with van der Waals surface area (Å²) in [5.41, 5.74) is -0.454. The molecule has 1 N–H and O–H groups in total. The van der Waals surface area contributed by atoms with Crippen LogP contribution in [0, 0.1) is 11.3 Å². The predicted octanol–water partition coefficient (Wildman–Crippen LogP) is 1.87. The second-order valence-electron chi connectivity index (χ2n) is 11.9. The van der Waals surface area contributed by atoms with Gasteiger partial charge in [0.25, 0.3) is 5.91 Å². The summed E-state index contributed by atoms with van der Waals surface area (Å²) in [6, 6.07) is 9.88. The fraction of sp³-hybridized carbons (Fsp3) is 0.375. The van der Waals surface area contributed by atoms with E-state index in [0.717, 1.165) is 23.8 Å². The molecule has 0 saturated carbocycles. The summed E-state index contributed by atoms with van der Waals surface area (Å²) >= 11 is 0. The van der Waals surface area contributed by atoms with Crippen molar-refractivity contribution in [3.63, 3.8) is 0 Å². The third-order valence-corrected chi connectivity index (χ3v) is 8.22. The molecule has 0 bridgehead atoms. The van der Waals surface area contributed by atoms with Crippen LogP contribution in [-0.2, 0) is 31.7 Å². The number of rotatable bonds is 11. The zero-order chi connectivity index (χ0) is 35.6. The molecule has 0 aliphatic carbocycles. The van der Waals surface area contributed by atoms with E-state index in [4.69, 9.17) is 4.74 Å². The van der Waals surface area contributed by atoms with Crippen molar-refractivity contribution in [1.29, 1.82) is 5.26 Å². The number of aliphatic carboxylic acids is 1. The van der Waals surface area contributed by atoms with Gasteiger partial charge < -0.3 is 24.0 Å². The molecule has 1 amide bonds. The number of esters is 1. The number of allylic oxidation sites excluding steroid dienone is 1. The number of halogens is 3. The summed E-state index contributed by atoms with van der Waals surface area (Å²) in [6.07, 6.45) is -4.13. The molecule has 0 spiro atoms. The number of methoxy groups -OCH3 is 1. The van der Waals surface area contributed by atoms with Gasteiger partial charge in [-0.25, -0.2) is 19.3 Å². The first-order valence-electron chi connectivity index (χ1n) is 14.7. The molecule has 1 unspecified atom stereocenters. The van der Waals surface area contributed by atoms with Crippen LogP contribution in [0.15, 0.2) is 58.5 Å². The van der Waals surface area contributed by atoms with Gasteiger partial charge in [0.15, 0.2) is 6.54 Å². The van der Waals surface area contributed by atoms with E-state index in [1.54, 1.807) is 33.3 Å². The zero-order valence-corrected chi connectivity index (χ0v) is 26.9. The van der Waals surface area contributed by atoms with Crippen molar-refractivity contribution >= 4 is 29.5 Å². The normalized spacial score (nSPS) is 15.7. The largest absolute Gasteiger partial charge is 0.544 e. The van der Waals surface area contributed by atoms with Crippen molar-refractivity contribution in [3.8, 4) is 6.07 Å². The highest BCUT2D eigenvalue weighted by Crippen LogP contribution is 2.43. The standard InChI is InChI=1S/C32H34F3N7O6/c1-19-27(29(46)48-5)28(41-30(37-38-31(41)47)40(19)23-10-6-9-22(15-23)32(33,34)35)24-12-11-20(16-36)14-21(24)8-7-13-42(4,18-26(44)45)17-25(43)39(2)3/h6,9-12,14-15,28H,7-8,13,17-18H2,1-5H3,(H-,38,44,45,47)/t28-,42?/m1/s1. The van der Waals surface area contributed by atoms with E-state index in [1.165, 1.54) is 34.9 Å². The Kier molecular flexibility index (Phi) is 10.1. The van der Waals surface area contributed by atoms with Crippen molar-refractivity contribution in [2.75, 3.05) is 52.8 Å². The van der Waals surface area contributed by atoms with E-state index in [0.29, 0.717) is 17.5 Å². The Morgan fingerprint density at radius 1 is 1.17 bits per heavy atom. The maximum absolute atomic E-state index is 13.7. The number of anilines is 2. The van der Waals surface area contributed by atoms with Crippen LogP contribution in [0.4, 0.5) is 24.8 Å². The highest BCUT2D eigenvalue weighted by Gasteiger charge is 2.41. The maximum atomic E-state index is 13.7. The number of aryl methyl sites for hydroxylation is 1. The first-order valence-corrected chi connectivity index (χ1v) is 14.7. The Hall–Kier alpha value is -5.43. The number of carbonyl (C=O) groups is 3. The molecule has 0 radical (unpaired) electrons. The summed E-state index contributed by atoms with van der Waals surface area (Å²) in [5.74, 6) is -2.57. The van der Waals surface area contributed by atoms with Gasteiger partial charge in [0.2, 0.25) is 5.95 Å². The summed E-state index contributed by atoms with van der Waals surface area (Å²) < 4.78 is 47.1. The van der Waals surface area contributed by atoms with Gasteiger partial charge in [-0.05, 0) is 54.8 Å². The topological polar surface area (TPSA) is 164 Å². The lowest BCUT2D eigenvalue weighted by Crippen LogP contribution is -2.55. The third kappa shape index (κ3) is 7.26. The number of aromatic nitrogens is 3. The molecular weight excluding hydrogens is 635 g/mol. The number of carboxylic acid groups (broad SMARTS) is 1. The quantitative estimate of drug-likeness (QED) is 0.237. The number of hydrogen-bond acceptors (Lipinski definition) is 9. The summed E-state index contributed by atoms with van der Waals surface area (Å²) in [4.78, 5) is 53.5. The summed E-state index contributed by atoms with van der Waals surface area (Å²) in [5, 5.41) is 27.7. The minimum Gasteiger partial charge on any atom is -0.544 e. The van der Waals surface area contributed by atoms with Crippen LogP contribution < -0.4 is 15.7 Å². The SMILES string of the molecule is COC(=O)C1=C(C)N(c2cccc(C(F)(F)F)c2)c2n[nH]c(=O)n2[C@@H]1c1ccc(C#N)cc1CCC[N+](C)(CC(=O)[O-])CC(=O)N(C)C. The molecule has 3 aromatic rings. The van der Waals surface area contributed by atoms with E-state index in [9.17, 15) is 42.7 Å². The van der Waals surface area contributed by atoms with E-state index in [1.807, 2.05) is 0 Å². The highest BCUT2D eigenvalue weighted by molar-refractivity contribution is 5.93. The summed E-state index contributed by atoms with van der Waals surface area (Å²) in [6.45, 7) is 1.17. The average Bonchev–Trinajstić information content (AvgIpc) is 3.39. The number of fused-ring (bicyclic) bond motifs is 1. The lowest BCUT2D eigenvalue weighted by atomic mass is 9.88. The highest BCUT2D eigenvalue weighted by atomic mass is 19.4. The second-order valence-corrected chi connectivity index (χ2v) is 11.9. The van der Waals surface area contributed by atoms with Crippen molar-refractivity contribution in [2.45, 2.75) is 32.0 Å². The van der Waals surface area contributed by atoms with Crippen molar-refractivity contribution in [2.24, 2.45) is 0 Å². The molecule has 0 saturated heterocycles. The number of carboxylic acids is 1. The number of quaternary nitrogens is 1. The number of amides is 1. The van der Waals surface area contributed by atoms with Gasteiger partial charge in [-0.15, -0.1) is 5.10 Å². The van der Waals surface area contributed by atoms with Gasteiger partial charge in [0, 0.05) is 31.9 Å². The Balaban J connectivity index is 1.85. The molecule has 1 aliphatic heterocycles. The molecule has 4 rings (SSSR count). The Labute approximate surface area is 273 Å². The van der Waals surface area contributed by atoms with Gasteiger partial charge >= 0.3 is 17.8 Å². The van der Waals surface area contributed by atoms with E-state index in [2.05, 4.69) is 16.3 Å². The van der Waals surface area contributed by atoms with Gasteiger partial charge in [-0.3, -0.25) is 9.69 Å². The van der Waals surface area contributed by atoms with Crippen molar-refractivity contribution in [3.05, 3.63) is 86.5 Å². The number of nitrogens with zero attached hydrogens (tertiary/aromatic N) is 6. The van der Waals surface area contributed by atoms with Crippen molar-refractivity contribution < 1.29 is 41.9 Å². The molecule has 16 heteroatoms. The van der Waals surface area contributed by atoms with E-state index < -0.39 is 42.0 Å². The molecule has 2 atom stereocenters. The zero-order valence-electron chi connectivity index (χ0n) is 26.9. The fourth-order valence-corrected chi connectivity index (χ4v) is 5.88. The summed E-state index contributed by atoms with van der Waals surface area (Å²) in [7, 11) is 5.87. The van der Waals surface area contributed by atoms with Crippen LogP contribution in [0.2, 0.25) is 0 Å². The van der Waals surface area contributed by atoms with E-state index in [-0.39, 0.29) is 58.4 Å². The van der Waals surface area contributed by atoms with Gasteiger partial charge in [-0.2, -0.15) is 18.4 Å². The lowest BCUT2D eigenvalue weighted by molar-refractivity contribution is -0.896. The number of hydrogen-bond donors (Lipinski definition) is 1. The van der Waals surface area contributed by atoms with Crippen LogP contribution in [-0.4, -0.2) is 89.9 Å². The molecule has 13 nitrogen and oxygen atoms in total. The fourth-order valence-electron chi connectivity index (χ4n) is 5.88. The number of alkyl halides is 3. The first-order chi connectivity index (χ1) is 22.5. The Morgan fingerprint density at radius 2 is 1.88 bits per heavy atom. The smallest absolute Gasteiger partial charge is 0.416 e. The molecule has 0 fully saturated rings. The Morgan fingerprint density at radius 3 is 2.48 bits per heavy atom. The van der Waals surface area contributed by atoms with Crippen LogP contribution in [0.25, 0.3) is 0 Å². The van der Waals surface area contributed by atoms with E-state index >= 15 is 0 Å². The Bertz CT molecular complexity index is 1870. The minimum absolute atomic E-state index is 0.0141. The van der Waals surface area contributed by atoms with Gasteiger partial charge in [-0.1, -0.05) is 12.1 Å². The third-order valence-electron chi connectivity index (χ3n) is 8.22. The van der Waals surface area contributed by atoms with Crippen LogP contribution in [0.5, 0.6) is 0 Å². The molecule has 1 aromatic heterocycles. The molecule has 254 valence electrons. The second kappa shape index (κ2) is 13.7. The van der Waals surface area contributed by atoms with Crippen LogP contribution >= 0.6 is 0 Å². The van der Waals surface area contributed by atoms with Crippen molar-refractivity contribution in [1.82, 2.24) is 19.7 Å². The first kappa shape index (κ1) is 35.4. The number of nitrogens with one attached hydrogen (secondary N) is 1. The number of nitriles is 1. The monoisotopic (exact) mass is 669 g/mol. The molecule has 2 heterocycles. The maximum Gasteiger partial charge on any atom is 0.416 e. The van der Waals surface area contributed by atoms with Crippen LogP contribution in [0.1, 0.15) is 41.6 Å². The predicted molar refractivity (Wildman–Crippen MR) is 163 cm³/mol. The molecule has 1 aliphatic rings. The molecule has 48 heavy (non-hydrogen) atoms. The average molecular weight is 670 g/mol. The number of H-pyrrole nitrogens is 1. The number of ether oxygens (including phenoxy) is 1. The van der Waals surface area contributed by atoms with Gasteiger partial charge in [0.05, 0.1) is 49.4 Å². The number of carbonyl (C=O) groups excluding carboxylic acids is 3. The lowest BCUT2D eigenvalue weighted by Gasteiger charge is -2.36. The number of benzene rings is 2. The minimum atomic E-state index is -4.67. The molecular formula is C32H34F3N7O6.